The predicted octanol–water partition coefficient (Wildman–Crippen LogP) is 3.25. The van der Waals surface area contributed by atoms with Crippen LogP contribution in [0.3, 0.4) is 0 Å². The Kier molecular flexibility index (Phi) is 4.38. The summed E-state index contributed by atoms with van der Waals surface area (Å²) in [4.78, 5) is 31.6. The molecule has 25 heavy (non-hydrogen) atoms. The number of nitrogens with zero attached hydrogens (tertiary/aromatic N) is 3. The highest BCUT2D eigenvalue weighted by Gasteiger charge is 2.24. The number of anilines is 1. The van der Waals surface area contributed by atoms with Gasteiger partial charge in [-0.2, -0.15) is 0 Å². The number of thiophene rings is 1. The van der Waals surface area contributed by atoms with Gasteiger partial charge >= 0.3 is 0 Å². The van der Waals surface area contributed by atoms with Gasteiger partial charge in [-0.05, 0) is 31.5 Å². The second-order valence-corrected chi connectivity index (χ2v) is 6.54. The van der Waals surface area contributed by atoms with Crippen LogP contribution >= 0.6 is 11.3 Å². The van der Waals surface area contributed by atoms with Gasteiger partial charge in [0.25, 0.3) is 11.5 Å². The minimum absolute atomic E-state index is 0.228. The zero-order valence-corrected chi connectivity index (χ0v) is 14.7. The van der Waals surface area contributed by atoms with Crippen LogP contribution in [0.15, 0.2) is 29.3 Å². The van der Waals surface area contributed by atoms with E-state index in [1.807, 2.05) is 0 Å². The number of rotatable bonds is 3. The third-order valence-electron chi connectivity index (χ3n) is 3.98. The molecule has 0 radical (unpaired) electrons. The average molecular weight is 363 g/mol. The maximum absolute atomic E-state index is 13.5. The number of carbonyl (C=O) groups excluding carboxylic acids is 1. The van der Waals surface area contributed by atoms with Gasteiger partial charge in [-0.25, -0.2) is 13.8 Å². The third-order valence-corrected chi connectivity index (χ3v) is 5.17. The van der Waals surface area contributed by atoms with Crippen LogP contribution in [0.2, 0.25) is 0 Å². The van der Waals surface area contributed by atoms with Crippen molar-refractivity contribution in [3.8, 4) is 0 Å². The van der Waals surface area contributed by atoms with Crippen molar-refractivity contribution in [3.63, 3.8) is 0 Å². The van der Waals surface area contributed by atoms with Crippen LogP contribution in [0, 0.1) is 18.6 Å². The summed E-state index contributed by atoms with van der Waals surface area (Å²) in [6.45, 7) is 3.69. The van der Waals surface area contributed by atoms with Crippen molar-refractivity contribution in [1.82, 2.24) is 9.55 Å². The summed E-state index contributed by atoms with van der Waals surface area (Å²) in [7, 11) is 1.59. The number of amides is 1. The van der Waals surface area contributed by atoms with E-state index in [0.29, 0.717) is 20.7 Å². The minimum atomic E-state index is -1.02. The molecule has 2 heterocycles. The lowest BCUT2D eigenvalue weighted by Gasteiger charge is -2.20. The SMILES string of the molecule is CCN(C(=O)c1sc2ncn(C)c(=O)c2c1C)c1ccc(F)c(F)c1. The Morgan fingerprint density at radius 1 is 1.32 bits per heavy atom. The zero-order valence-electron chi connectivity index (χ0n) is 13.8. The molecule has 0 spiro atoms. The summed E-state index contributed by atoms with van der Waals surface area (Å²) < 4.78 is 28.0. The number of hydrogen-bond donors (Lipinski definition) is 0. The molecule has 0 N–H and O–H groups in total. The topological polar surface area (TPSA) is 55.2 Å². The Morgan fingerprint density at radius 3 is 2.68 bits per heavy atom. The highest BCUT2D eigenvalue weighted by Crippen LogP contribution is 2.29. The maximum Gasteiger partial charge on any atom is 0.268 e. The first-order valence-electron chi connectivity index (χ1n) is 7.56. The van der Waals surface area contributed by atoms with Gasteiger partial charge in [-0.3, -0.25) is 9.59 Å². The molecule has 0 fully saturated rings. The molecule has 3 rings (SSSR count). The van der Waals surface area contributed by atoms with Crippen LogP contribution in [-0.2, 0) is 7.05 Å². The molecular formula is C17H15F2N3O2S. The Bertz CT molecular complexity index is 1040. The summed E-state index contributed by atoms with van der Waals surface area (Å²) in [5.74, 6) is -2.37. The molecule has 0 aliphatic carbocycles. The number of aromatic nitrogens is 2. The number of benzene rings is 1. The normalized spacial score (nSPS) is 11.1. The second-order valence-electron chi connectivity index (χ2n) is 5.54. The van der Waals surface area contributed by atoms with E-state index in [1.54, 1.807) is 20.9 Å². The Morgan fingerprint density at radius 2 is 2.04 bits per heavy atom. The fourth-order valence-electron chi connectivity index (χ4n) is 2.63. The molecule has 130 valence electrons. The smallest absolute Gasteiger partial charge is 0.268 e. The van der Waals surface area contributed by atoms with Crippen LogP contribution in [0.1, 0.15) is 22.2 Å². The van der Waals surface area contributed by atoms with E-state index in [2.05, 4.69) is 4.98 Å². The lowest BCUT2D eigenvalue weighted by atomic mass is 10.2. The molecule has 0 unspecified atom stereocenters. The van der Waals surface area contributed by atoms with Crippen LogP contribution in [0.25, 0.3) is 10.2 Å². The van der Waals surface area contributed by atoms with Crippen molar-refractivity contribution in [2.75, 3.05) is 11.4 Å². The third kappa shape index (κ3) is 2.82. The maximum atomic E-state index is 13.5. The zero-order chi connectivity index (χ0) is 18.3. The molecule has 2 aromatic heterocycles. The van der Waals surface area contributed by atoms with Crippen LogP contribution in [0.4, 0.5) is 14.5 Å². The molecule has 0 atom stereocenters. The predicted molar refractivity (Wildman–Crippen MR) is 93.3 cm³/mol. The van der Waals surface area contributed by atoms with Crippen molar-refractivity contribution in [2.45, 2.75) is 13.8 Å². The summed E-state index contributed by atoms with van der Waals surface area (Å²) in [6.07, 6.45) is 1.40. The fourth-order valence-corrected chi connectivity index (χ4v) is 3.72. The molecule has 5 nitrogen and oxygen atoms in total. The van der Waals surface area contributed by atoms with Gasteiger partial charge in [0.05, 0.1) is 16.6 Å². The van der Waals surface area contributed by atoms with Gasteiger partial charge in [-0.15, -0.1) is 11.3 Å². The van der Waals surface area contributed by atoms with Crippen molar-refractivity contribution >= 4 is 33.1 Å². The molecule has 3 aromatic rings. The highest BCUT2D eigenvalue weighted by molar-refractivity contribution is 7.20. The summed E-state index contributed by atoms with van der Waals surface area (Å²) in [5.41, 5.74) is 0.567. The number of fused-ring (bicyclic) bond motifs is 1. The molecule has 0 aliphatic heterocycles. The fraction of sp³-hybridized carbons (Fsp3) is 0.235. The largest absolute Gasteiger partial charge is 0.308 e. The summed E-state index contributed by atoms with van der Waals surface area (Å²) in [6, 6.07) is 3.31. The van der Waals surface area contributed by atoms with E-state index in [-0.39, 0.29) is 23.7 Å². The number of hydrogen-bond acceptors (Lipinski definition) is 4. The summed E-state index contributed by atoms with van der Waals surface area (Å²) in [5, 5.41) is 0.402. The summed E-state index contributed by atoms with van der Waals surface area (Å²) >= 11 is 1.12. The molecule has 0 bridgehead atoms. The molecule has 8 heteroatoms. The van der Waals surface area contributed by atoms with Crippen LogP contribution in [-0.4, -0.2) is 22.0 Å². The van der Waals surface area contributed by atoms with Crippen LogP contribution in [0.5, 0.6) is 0 Å². The number of aryl methyl sites for hydroxylation is 2. The molecule has 1 amide bonds. The molecular weight excluding hydrogens is 348 g/mol. The standard InChI is InChI=1S/C17H15F2N3O2S/c1-4-22(10-5-6-11(18)12(19)7-10)17(24)14-9(2)13-15(25-14)20-8-21(3)16(13)23/h5-8H,4H2,1-3H3. The minimum Gasteiger partial charge on any atom is -0.308 e. The van der Waals surface area contributed by atoms with Gasteiger partial charge < -0.3 is 9.47 Å². The molecule has 1 aromatic carbocycles. The lowest BCUT2D eigenvalue weighted by Crippen LogP contribution is -2.30. The van der Waals surface area contributed by atoms with Crippen molar-refractivity contribution in [3.05, 3.63) is 57.0 Å². The van der Waals surface area contributed by atoms with E-state index in [4.69, 9.17) is 0 Å². The van der Waals surface area contributed by atoms with E-state index in [1.165, 1.54) is 21.9 Å². The van der Waals surface area contributed by atoms with Gasteiger partial charge in [0.1, 0.15) is 4.83 Å². The number of carbonyl (C=O) groups is 1. The first kappa shape index (κ1) is 17.2. The second kappa shape index (κ2) is 6.36. The highest BCUT2D eigenvalue weighted by atomic mass is 32.1. The van der Waals surface area contributed by atoms with Gasteiger partial charge in [0.2, 0.25) is 0 Å². The Balaban J connectivity index is 2.11. The lowest BCUT2D eigenvalue weighted by molar-refractivity contribution is 0.0991. The van der Waals surface area contributed by atoms with Crippen molar-refractivity contribution in [2.24, 2.45) is 7.05 Å². The van der Waals surface area contributed by atoms with Crippen LogP contribution < -0.4 is 10.5 Å². The quantitative estimate of drug-likeness (QED) is 0.718. The Hall–Kier alpha value is -2.61. The van der Waals surface area contributed by atoms with Crippen molar-refractivity contribution in [1.29, 1.82) is 0 Å². The Labute approximate surface area is 146 Å². The molecule has 0 saturated carbocycles. The van der Waals surface area contributed by atoms with Gasteiger partial charge in [-0.1, -0.05) is 0 Å². The van der Waals surface area contributed by atoms with Crippen molar-refractivity contribution < 1.29 is 13.6 Å². The number of halogens is 2. The molecule has 0 saturated heterocycles. The first-order valence-corrected chi connectivity index (χ1v) is 8.38. The van der Waals surface area contributed by atoms with Gasteiger partial charge in [0.15, 0.2) is 11.6 Å². The van der Waals surface area contributed by atoms with E-state index in [9.17, 15) is 18.4 Å². The monoisotopic (exact) mass is 363 g/mol. The van der Waals surface area contributed by atoms with E-state index in [0.717, 1.165) is 23.5 Å². The van der Waals surface area contributed by atoms with Gasteiger partial charge in [0, 0.05) is 25.3 Å². The van der Waals surface area contributed by atoms with E-state index >= 15 is 0 Å². The first-order chi connectivity index (χ1) is 11.8. The van der Waals surface area contributed by atoms with E-state index < -0.39 is 11.6 Å². The molecule has 0 aliphatic rings. The average Bonchev–Trinajstić information content (AvgIpc) is 2.92.